The summed E-state index contributed by atoms with van der Waals surface area (Å²) in [6, 6.07) is 2.33. The van der Waals surface area contributed by atoms with Crippen molar-refractivity contribution in [2.75, 3.05) is 13.7 Å². The second-order valence-electron chi connectivity index (χ2n) is 5.19. The molecule has 0 spiro atoms. The highest BCUT2D eigenvalue weighted by molar-refractivity contribution is 9.10. The molecule has 0 bridgehead atoms. The van der Waals surface area contributed by atoms with Crippen LogP contribution in [0.4, 0.5) is 0 Å². The van der Waals surface area contributed by atoms with Gasteiger partial charge in [-0.25, -0.2) is 0 Å². The normalized spacial score (nSPS) is 15.9. The third-order valence-corrected chi connectivity index (χ3v) is 4.72. The van der Waals surface area contributed by atoms with Gasteiger partial charge in [0.15, 0.2) is 0 Å². The number of halogens is 1. The van der Waals surface area contributed by atoms with Crippen molar-refractivity contribution in [3.63, 3.8) is 0 Å². The average molecular weight is 320 g/mol. The number of hydrogen-bond acceptors (Lipinski definition) is 3. The third-order valence-electron chi connectivity index (χ3n) is 2.76. The van der Waals surface area contributed by atoms with Gasteiger partial charge in [0.1, 0.15) is 0 Å². The van der Waals surface area contributed by atoms with E-state index in [2.05, 4.69) is 60.4 Å². The van der Waals surface area contributed by atoms with Crippen LogP contribution in [0, 0.1) is 5.41 Å². The summed E-state index contributed by atoms with van der Waals surface area (Å²) in [7, 11) is 1.79. The maximum absolute atomic E-state index is 5.73. The minimum absolute atomic E-state index is 0.102. The lowest BCUT2D eigenvalue weighted by molar-refractivity contribution is -0.0108. The van der Waals surface area contributed by atoms with Gasteiger partial charge >= 0.3 is 0 Å². The van der Waals surface area contributed by atoms with Gasteiger partial charge in [-0.2, -0.15) is 0 Å². The Balaban J connectivity index is 3.04. The third kappa shape index (κ3) is 3.78. The molecule has 2 nitrogen and oxygen atoms in total. The molecule has 1 aromatic rings. The van der Waals surface area contributed by atoms with E-state index in [1.165, 1.54) is 9.35 Å². The van der Waals surface area contributed by atoms with Gasteiger partial charge in [0.05, 0.1) is 12.1 Å². The van der Waals surface area contributed by atoms with E-state index in [-0.39, 0.29) is 17.6 Å². The Morgan fingerprint density at radius 3 is 2.47 bits per heavy atom. The second-order valence-corrected chi connectivity index (χ2v) is 6.99. The number of rotatable bonds is 5. The molecule has 1 heterocycles. The Bertz CT molecular complexity index is 345. The molecule has 0 saturated heterocycles. The van der Waals surface area contributed by atoms with Crippen molar-refractivity contribution >= 4 is 27.3 Å². The first-order valence-electron chi connectivity index (χ1n) is 5.90. The Kier molecular flexibility index (Phi) is 5.64. The molecule has 0 radical (unpaired) electrons. The van der Waals surface area contributed by atoms with Crippen LogP contribution < -0.4 is 5.32 Å². The molecule has 1 aromatic heterocycles. The lowest BCUT2D eigenvalue weighted by Gasteiger charge is -2.36. The van der Waals surface area contributed by atoms with Crippen molar-refractivity contribution in [1.82, 2.24) is 5.32 Å². The van der Waals surface area contributed by atoms with Crippen LogP contribution in [-0.2, 0) is 4.74 Å². The van der Waals surface area contributed by atoms with E-state index in [9.17, 15) is 0 Å². The molecule has 1 N–H and O–H groups in total. The fourth-order valence-corrected chi connectivity index (χ4v) is 3.79. The first kappa shape index (κ1) is 15.2. The summed E-state index contributed by atoms with van der Waals surface area (Å²) >= 11 is 5.38. The number of hydrogen-bond donors (Lipinski definition) is 1. The van der Waals surface area contributed by atoms with Gasteiger partial charge in [-0.15, -0.1) is 11.3 Å². The van der Waals surface area contributed by atoms with Crippen molar-refractivity contribution < 1.29 is 4.74 Å². The van der Waals surface area contributed by atoms with Crippen LogP contribution in [0.25, 0.3) is 0 Å². The summed E-state index contributed by atoms with van der Waals surface area (Å²) in [5.74, 6) is 0. The number of likely N-dealkylation sites (N-methyl/N-ethyl adjacent to an activating group) is 1. The zero-order valence-electron chi connectivity index (χ0n) is 11.2. The smallest absolute Gasteiger partial charge is 0.0822 e. The Morgan fingerprint density at radius 1 is 1.47 bits per heavy atom. The van der Waals surface area contributed by atoms with Crippen molar-refractivity contribution in [2.24, 2.45) is 5.41 Å². The molecule has 0 saturated carbocycles. The van der Waals surface area contributed by atoms with Crippen LogP contribution in [0.15, 0.2) is 15.9 Å². The van der Waals surface area contributed by atoms with Gasteiger partial charge in [0.25, 0.3) is 0 Å². The van der Waals surface area contributed by atoms with Crippen LogP contribution in [0.5, 0.6) is 0 Å². The SMILES string of the molecule is CCNC(c1sccc1Br)C(OC)C(C)(C)C. The summed E-state index contributed by atoms with van der Waals surface area (Å²) in [4.78, 5) is 1.31. The number of thiophene rings is 1. The topological polar surface area (TPSA) is 21.3 Å². The molecule has 0 amide bonds. The van der Waals surface area contributed by atoms with E-state index in [0.29, 0.717) is 0 Å². The molecular formula is C13H22BrNOS. The van der Waals surface area contributed by atoms with Gasteiger partial charge < -0.3 is 10.1 Å². The Morgan fingerprint density at radius 2 is 2.12 bits per heavy atom. The molecule has 98 valence electrons. The van der Waals surface area contributed by atoms with Crippen LogP contribution in [0.3, 0.4) is 0 Å². The fraction of sp³-hybridized carbons (Fsp3) is 0.692. The minimum atomic E-state index is 0.102. The summed E-state index contributed by atoms with van der Waals surface area (Å²) in [6.07, 6.45) is 0.150. The largest absolute Gasteiger partial charge is 0.379 e. The van der Waals surface area contributed by atoms with E-state index >= 15 is 0 Å². The molecule has 1 rings (SSSR count). The maximum atomic E-state index is 5.73. The summed E-state index contributed by atoms with van der Waals surface area (Å²) in [5, 5.41) is 5.65. The summed E-state index contributed by atoms with van der Waals surface area (Å²) in [5.41, 5.74) is 0.102. The van der Waals surface area contributed by atoms with Crippen molar-refractivity contribution in [1.29, 1.82) is 0 Å². The first-order valence-corrected chi connectivity index (χ1v) is 7.58. The first-order chi connectivity index (χ1) is 7.91. The highest BCUT2D eigenvalue weighted by Gasteiger charge is 2.34. The van der Waals surface area contributed by atoms with Gasteiger partial charge in [0, 0.05) is 16.5 Å². The van der Waals surface area contributed by atoms with Crippen LogP contribution in [0.1, 0.15) is 38.6 Å². The van der Waals surface area contributed by atoms with Crippen molar-refractivity contribution in [3.05, 3.63) is 20.8 Å². The molecule has 0 aliphatic carbocycles. The predicted molar refractivity (Wildman–Crippen MR) is 78.7 cm³/mol. The summed E-state index contributed by atoms with van der Waals surface area (Å²) < 4.78 is 6.90. The van der Waals surface area contributed by atoms with E-state index in [1.54, 1.807) is 18.4 Å². The zero-order valence-corrected chi connectivity index (χ0v) is 13.6. The number of methoxy groups -OCH3 is 1. The highest BCUT2D eigenvalue weighted by atomic mass is 79.9. The lowest BCUT2D eigenvalue weighted by Crippen LogP contribution is -2.41. The van der Waals surface area contributed by atoms with Crippen molar-refractivity contribution in [2.45, 2.75) is 39.8 Å². The number of nitrogens with one attached hydrogen (secondary N) is 1. The molecule has 0 aliphatic heterocycles. The minimum Gasteiger partial charge on any atom is -0.379 e. The van der Waals surface area contributed by atoms with Gasteiger partial charge in [-0.1, -0.05) is 27.7 Å². The zero-order chi connectivity index (χ0) is 13.1. The average Bonchev–Trinajstić information content (AvgIpc) is 2.62. The van der Waals surface area contributed by atoms with Gasteiger partial charge in [0.2, 0.25) is 0 Å². The van der Waals surface area contributed by atoms with Crippen LogP contribution in [-0.4, -0.2) is 19.8 Å². The maximum Gasteiger partial charge on any atom is 0.0822 e. The van der Waals surface area contributed by atoms with Gasteiger partial charge in [-0.05, 0) is 39.3 Å². The number of ether oxygens (including phenoxy) is 1. The molecular weight excluding hydrogens is 298 g/mol. The second kappa shape index (κ2) is 6.32. The molecule has 17 heavy (non-hydrogen) atoms. The quantitative estimate of drug-likeness (QED) is 0.877. The van der Waals surface area contributed by atoms with E-state index in [1.807, 2.05) is 0 Å². The highest BCUT2D eigenvalue weighted by Crippen LogP contribution is 2.37. The van der Waals surface area contributed by atoms with Crippen molar-refractivity contribution in [3.8, 4) is 0 Å². The standard InChI is InChI=1S/C13H22BrNOS/c1-6-15-10(11-9(14)7-8-17-11)12(16-5)13(2,3)4/h7-8,10,12,15H,6H2,1-5H3. The predicted octanol–water partition coefficient (Wildman–Crippen LogP) is 4.22. The van der Waals surface area contributed by atoms with E-state index in [4.69, 9.17) is 4.74 Å². The van der Waals surface area contributed by atoms with E-state index < -0.39 is 0 Å². The lowest BCUT2D eigenvalue weighted by atomic mass is 9.84. The Labute approximate surface area is 117 Å². The molecule has 0 fully saturated rings. The molecule has 0 aromatic carbocycles. The molecule has 0 aliphatic rings. The molecule has 2 atom stereocenters. The van der Waals surface area contributed by atoms with Gasteiger partial charge in [-0.3, -0.25) is 0 Å². The summed E-state index contributed by atoms with van der Waals surface area (Å²) in [6.45, 7) is 9.71. The Hall–Kier alpha value is 0.1000. The fourth-order valence-electron chi connectivity index (χ4n) is 2.07. The molecule has 4 heteroatoms. The van der Waals surface area contributed by atoms with Crippen LogP contribution >= 0.6 is 27.3 Å². The monoisotopic (exact) mass is 319 g/mol. The molecule has 2 unspecified atom stereocenters. The van der Waals surface area contributed by atoms with E-state index in [0.717, 1.165) is 6.54 Å². The van der Waals surface area contributed by atoms with Crippen LogP contribution in [0.2, 0.25) is 0 Å².